The number of rotatable bonds is 7. The van der Waals surface area contributed by atoms with Crippen LogP contribution < -0.4 is 21.9 Å². The summed E-state index contributed by atoms with van der Waals surface area (Å²) < 4.78 is 0. The molecule has 1 aliphatic heterocycles. The van der Waals surface area contributed by atoms with Gasteiger partial charge < -0.3 is 20.9 Å². The summed E-state index contributed by atoms with van der Waals surface area (Å²) >= 11 is 6.17. The van der Waals surface area contributed by atoms with Crippen LogP contribution in [0.25, 0.3) is 0 Å². The van der Waals surface area contributed by atoms with Gasteiger partial charge in [0.05, 0.1) is 17.1 Å². The number of nitrogens with one attached hydrogen (secondary N) is 3. The number of urea groups is 1. The zero-order valence-corrected chi connectivity index (χ0v) is 18.7. The van der Waals surface area contributed by atoms with E-state index in [9.17, 15) is 14.4 Å². The first-order valence-electron chi connectivity index (χ1n) is 10.5. The molecule has 3 amide bonds. The van der Waals surface area contributed by atoms with Gasteiger partial charge in [-0.25, -0.2) is 4.79 Å². The van der Waals surface area contributed by atoms with Gasteiger partial charge in [0.2, 0.25) is 11.9 Å². The number of aromatic nitrogens is 2. The number of nitrogens with zero attached hydrogens (tertiary/aromatic N) is 3. The van der Waals surface area contributed by atoms with Gasteiger partial charge in [-0.05, 0) is 38.1 Å². The maximum Gasteiger partial charge on any atom is 0.326 e. The number of carbonyl (C=O) groups excluding carboxylic acids is 2. The molecule has 1 aromatic heterocycles. The van der Waals surface area contributed by atoms with Crippen LogP contribution in [-0.2, 0) is 11.2 Å². The van der Waals surface area contributed by atoms with Crippen LogP contribution in [0.3, 0.4) is 0 Å². The maximum absolute atomic E-state index is 12.6. The molecule has 0 bridgehead atoms. The molecular weight excluding hydrogens is 434 g/mol. The van der Waals surface area contributed by atoms with E-state index in [1.54, 1.807) is 17.0 Å². The van der Waals surface area contributed by atoms with E-state index in [0.717, 1.165) is 31.6 Å². The number of aromatic amines is 1. The molecule has 0 atom stereocenters. The second-order valence-corrected chi connectivity index (χ2v) is 8.01. The van der Waals surface area contributed by atoms with Gasteiger partial charge in [-0.3, -0.25) is 19.8 Å². The third kappa shape index (κ3) is 6.28. The van der Waals surface area contributed by atoms with Crippen molar-refractivity contribution < 1.29 is 9.59 Å². The molecule has 2 aromatic rings. The first-order valence-corrected chi connectivity index (χ1v) is 10.9. The lowest BCUT2D eigenvalue weighted by Crippen LogP contribution is -2.49. The lowest BCUT2D eigenvalue weighted by molar-refractivity contribution is -0.132. The van der Waals surface area contributed by atoms with Crippen molar-refractivity contribution in [3.05, 3.63) is 50.9 Å². The molecule has 1 aliphatic rings. The van der Waals surface area contributed by atoms with Crippen LogP contribution in [0.1, 0.15) is 17.5 Å². The average Bonchev–Trinajstić information content (AvgIpc) is 2.77. The third-order valence-corrected chi connectivity index (χ3v) is 5.79. The molecule has 0 radical (unpaired) electrons. The van der Waals surface area contributed by atoms with Gasteiger partial charge in [-0.1, -0.05) is 23.7 Å². The summed E-state index contributed by atoms with van der Waals surface area (Å²) in [5, 5.41) is 5.50. The molecule has 0 aliphatic carbocycles. The lowest BCUT2D eigenvalue weighted by atomic mass is 10.2. The molecule has 2 heterocycles. The second-order valence-electron chi connectivity index (χ2n) is 7.64. The first-order chi connectivity index (χ1) is 15.4. The van der Waals surface area contributed by atoms with Gasteiger partial charge in [0.1, 0.15) is 0 Å². The predicted octanol–water partition coefficient (Wildman–Crippen LogP) is 1.41. The number of piperazine rings is 1. The quantitative estimate of drug-likeness (QED) is 0.492. The molecule has 172 valence electrons. The molecule has 1 fully saturated rings. The van der Waals surface area contributed by atoms with Crippen molar-refractivity contribution in [2.24, 2.45) is 5.73 Å². The summed E-state index contributed by atoms with van der Waals surface area (Å²) in [6, 6.07) is 4.66. The van der Waals surface area contributed by atoms with Crippen LogP contribution in [-0.4, -0.2) is 71.0 Å². The molecule has 32 heavy (non-hydrogen) atoms. The summed E-state index contributed by atoms with van der Waals surface area (Å²) in [5.74, 6) is -0.149. The Kier molecular flexibility index (Phi) is 8.20. The summed E-state index contributed by atoms with van der Waals surface area (Å²) in [6.07, 6.45) is 2.29. The van der Waals surface area contributed by atoms with E-state index in [1.165, 1.54) is 6.20 Å². The van der Waals surface area contributed by atoms with E-state index < -0.39 is 11.6 Å². The normalized spacial score (nSPS) is 14.3. The Labute approximate surface area is 191 Å². The van der Waals surface area contributed by atoms with Crippen LogP contribution in [0.2, 0.25) is 5.02 Å². The van der Waals surface area contributed by atoms with Gasteiger partial charge in [0, 0.05) is 37.9 Å². The van der Waals surface area contributed by atoms with Crippen molar-refractivity contribution in [2.45, 2.75) is 19.8 Å². The SMILES string of the molecule is Cc1cccc(NC(=O)Nc2nc(=O)c(CC(=O)N3CCN(CCCN)CC3)c[nH]2)c1Cl. The summed E-state index contributed by atoms with van der Waals surface area (Å²) in [5.41, 5.74) is 6.48. The molecule has 10 nitrogen and oxygen atoms in total. The Morgan fingerprint density at radius 3 is 2.66 bits per heavy atom. The Morgan fingerprint density at radius 2 is 1.97 bits per heavy atom. The molecule has 5 N–H and O–H groups in total. The van der Waals surface area contributed by atoms with Gasteiger partial charge in [-0.15, -0.1) is 0 Å². The number of anilines is 2. The lowest BCUT2D eigenvalue weighted by Gasteiger charge is -2.34. The van der Waals surface area contributed by atoms with Gasteiger partial charge in [0.15, 0.2) is 0 Å². The third-order valence-electron chi connectivity index (χ3n) is 5.29. The first kappa shape index (κ1) is 23.7. The number of hydrogen-bond donors (Lipinski definition) is 4. The number of H-pyrrole nitrogens is 1. The largest absolute Gasteiger partial charge is 0.340 e. The summed E-state index contributed by atoms with van der Waals surface area (Å²) in [4.78, 5) is 47.8. The van der Waals surface area contributed by atoms with Crippen molar-refractivity contribution in [3.8, 4) is 0 Å². The molecule has 1 saturated heterocycles. The highest BCUT2D eigenvalue weighted by molar-refractivity contribution is 6.34. The topological polar surface area (TPSA) is 136 Å². The molecular formula is C21H28ClN7O3. The molecule has 0 spiro atoms. The minimum absolute atomic E-state index is 0.0269. The van der Waals surface area contributed by atoms with Crippen molar-refractivity contribution in [3.63, 3.8) is 0 Å². The van der Waals surface area contributed by atoms with Crippen molar-refractivity contribution in [1.29, 1.82) is 0 Å². The molecule has 11 heteroatoms. The van der Waals surface area contributed by atoms with Crippen molar-refractivity contribution in [1.82, 2.24) is 19.8 Å². The van der Waals surface area contributed by atoms with Crippen LogP contribution in [0.4, 0.5) is 16.4 Å². The Hall–Kier alpha value is -2.95. The minimum atomic E-state index is -0.600. The van der Waals surface area contributed by atoms with E-state index in [2.05, 4.69) is 25.5 Å². The molecule has 0 unspecified atom stereocenters. The fourth-order valence-electron chi connectivity index (χ4n) is 3.43. The van der Waals surface area contributed by atoms with Crippen molar-refractivity contribution in [2.75, 3.05) is 49.9 Å². The van der Waals surface area contributed by atoms with E-state index in [-0.39, 0.29) is 23.8 Å². The van der Waals surface area contributed by atoms with Gasteiger partial charge in [-0.2, -0.15) is 4.98 Å². The zero-order valence-electron chi connectivity index (χ0n) is 18.0. The number of benzene rings is 1. The molecule has 0 saturated carbocycles. The molecule has 1 aromatic carbocycles. The zero-order chi connectivity index (χ0) is 23.1. The van der Waals surface area contributed by atoms with Gasteiger partial charge in [0.25, 0.3) is 5.56 Å². The Bertz CT molecular complexity index is 1020. The highest BCUT2D eigenvalue weighted by Gasteiger charge is 2.22. The van der Waals surface area contributed by atoms with Crippen LogP contribution in [0.5, 0.6) is 0 Å². The smallest absolute Gasteiger partial charge is 0.326 e. The fraction of sp³-hybridized carbons (Fsp3) is 0.429. The fourth-order valence-corrected chi connectivity index (χ4v) is 3.60. The highest BCUT2D eigenvalue weighted by Crippen LogP contribution is 2.25. The maximum atomic E-state index is 12.6. The van der Waals surface area contributed by atoms with E-state index in [0.29, 0.717) is 30.3 Å². The number of aryl methyl sites for hydroxylation is 1. The Balaban J connectivity index is 1.53. The minimum Gasteiger partial charge on any atom is -0.340 e. The van der Waals surface area contributed by atoms with Crippen LogP contribution in [0, 0.1) is 6.92 Å². The number of carbonyl (C=O) groups is 2. The second kappa shape index (κ2) is 11.1. The van der Waals surface area contributed by atoms with E-state index in [4.69, 9.17) is 17.3 Å². The average molecular weight is 462 g/mol. The number of nitrogens with two attached hydrogens (primary N) is 1. The summed E-state index contributed by atoms with van der Waals surface area (Å²) in [6.45, 7) is 6.24. The molecule has 3 rings (SSSR count). The summed E-state index contributed by atoms with van der Waals surface area (Å²) in [7, 11) is 0. The Morgan fingerprint density at radius 1 is 1.22 bits per heavy atom. The number of amides is 3. The van der Waals surface area contributed by atoms with E-state index >= 15 is 0 Å². The van der Waals surface area contributed by atoms with E-state index in [1.807, 2.05) is 13.0 Å². The predicted molar refractivity (Wildman–Crippen MR) is 124 cm³/mol. The van der Waals surface area contributed by atoms with Gasteiger partial charge >= 0.3 is 6.03 Å². The highest BCUT2D eigenvalue weighted by atomic mass is 35.5. The monoisotopic (exact) mass is 461 g/mol. The number of halogens is 1. The van der Waals surface area contributed by atoms with Crippen molar-refractivity contribution >= 4 is 35.2 Å². The van der Waals surface area contributed by atoms with Crippen LogP contribution in [0.15, 0.2) is 29.2 Å². The standard InChI is InChI=1S/C21H28ClN7O3/c1-14-4-2-5-16(18(14)22)25-21(32)27-20-24-13-15(19(31)26-20)12-17(30)29-10-8-28(9-11-29)7-3-6-23/h2,4-5,13H,3,6-12,23H2,1H3,(H3,24,25,26,27,31,32). The number of hydrogen-bond acceptors (Lipinski definition) is 6. The van der Waals surface area contributed by atoms with Crippen LogP contribution >= 0.6 is 11.6 Å².